The van der Waals surface area contributed by atoms with Gasteiger partial charge in [-0.25, -0.2) is 0 Å². The molecule has 0 aromatic carbocycles. The summed E-state index contributed by atoms with van der Waals surface area (Å²) in [7, 11) is 2.01. The minimum absolute atomic E-state index is 0.524. The topological polar surface area (TPSA) is 53.3 Å². The van der Waals surface area contributed by atoms with Crippen LogP contribution in [0.25, 0.3) is 0 Å². The average Bonchev–Trinajstić information content (AvgIpc) is 2.54. The standard InChI is InChI=1S/C15H28N4O/c1-5-16-11-13-12(2)17-18(4)14(13)19-9-6-7-15(3,20)8-10-19/h16,20H,5-11H2,1-4H3. The van der Waals surface area contributed by atoms with Gasteiger partial charge in [0, 0.05) is 32.2 Å². The molecule has 1 fully saturated rings. The number of nitrogens with one attached hydrogen (secondary N) is 1. The Kier molecular flexibility index (Phi) is 4.70. The van der Waals surface area contributed by atoms with Crippen molar-refractivity contribution in [3.8, 4) is 0 Å². The van der Waals surface area contributed by atoms with Crippen LogP contribution in [-0.2, 0) is 13.6 Å². The maximum absolute atomic E-state index is 10.2. The van der Waals surface area contributed by atoms with Gasteiger partial charge in [-0.3, -0.25) is 4.68 Å². The van der Waals surface area contributed by atoms with Gasteiger partial charge < -0.3 is 15.3 Å². The minimum Gasteiger partial charge on any atom is -0.390 e. The lowest BCUT2D eigenvalue weighted by Gasteiger charge is -2.25. The van der Waals surface area contributed by atoms with E-state index in [1.165, 1.54) is 11.4 Å². The number of rotatable bonds is 4. The first kappa shape index (κ1) is 15.3. The van der Waals surface area contributed by atoms with Crippen LogP contribution in [0.15, 0.2) is 0 Å². The second-order valence-corrected chi connectivity index (χ2v) is 6.13. The lowest BCUT2D eigenvalue weighted by atomic mass is 9.98. The zero-order valence-corrected chi connectivity index (χ0v) is 13.2. The Hall–Kier alpha value is -1.07. The number of aromatic nitrogens is 2. The summed E-state index contributed by atoms with van der Waals surface area (Å²) in [5, 5.41) is 18.2. The van der Waals surface area contributed by atoms with Crippen molar-refractivity contribution in [2.75, 3.05) is 24.5 Å². The molecule has 0 aliphatic carbocycles. The molecule has 5 heteroatoms. The SMILES string of the molecule is CCNCc1c(C)nn(C)c1N1CCCC(C)(O)CC1. The molecule has 1 unspecified atom stereocenters. The van der Waals surface area contributed by atoms with Crippen LogP contribution in [0.2, 0.25) is 0 Å². The second kappa shape index (κ2) is 6.14. The summed E-state index contributed by atoms with van der Waals surface area (Å²) < 4.78 is 1.99. The Morgan fingerprint density at radius 1 is 1.35 bits per heavy atom. The van der Waals surface area contributed by atoms with E-state index in [9.17, 15) is 5.11 Å². The zero-order valence-electron chi connectivity index (χ0n) is 13.2. The van der Waals surface area contributed by atoms with Crippen LogP contribution in [0.5, 0.6) is 0 Å². The first-order valence-electron chi connectivity index (χ1n) is 7.65. The van der Waals surface area contributed by atoms with E-state index in [4.69, 9.17) is 0 Å². The molecule has 0 saturated carbocycles. The predicted molar refractivity (Wildman–Crippen MR) is 82.0 cm³/mol. The molecule has 114 valence electrons. The van der Waals surface area contributed by atoms with Crippen molar-refractivity contribution in [3.05, 3.63) is 11.3 Å². The molecule has 0 bridgehead atoms. The number of anilines is 1. The molecule has 1 aliphatic rings. The molecule has 1 aromatic rings. The molecule has 20 heavy (non-hydrogen) atoms. The summed E-state index contributed by atoms with van der Waals surface area (Å²) in [5.74, 6) is 1.21. The molecule has 2 heterocycles. The third-order valence-corrected chi connectivity index (χ3v) is 4.23. The van der Waals surface area contributed by atoms with E-state index >= 15 is 0 Å². The van der Waals surface area contributed by atoms with Crippen LogP contribution >= 0.6 is 0 Å². The van der Waals surface area contributed by atoms with Gasteiger partial charge in [0.05, 0.1) is 11.3 Å². The van der Waals surface area contributed by atoms with Gasteiger partial charge in [0.25, 0.3) is 0 Å². The fourth-order valence-electron chi connectivity index (χ4n) is 3.02. The van der Waals surface area contributed by atoms with Gasteiger partial charge in [0.15, 0.2) is 0 Å². The minimum atomic E-state index is -0.524. The highest BCUT2D eigenvalue weighted by Gasteiger charge is 2.27. The van der Waals surface area contributed by atoms with E-state index in [1.54, 1.807) is 0 Å². The monoisotopic (exact) mass is 280 g/mol. The Morgan fingerprint density at radius 2 is 2.10 bits per heavy atom. The molecule has 2 rings (SSSR count). The van der Waals surface area contributed by atoms with E-state index < -0.39 is 5.60 Å². The zero-order chi connectivity index (χ0) is 14.8. The predicted octanol–water partition coefficient (Wildman–Crippen LogP) is 1.58. The third-order valence-electron chi connectivity index (χ3n) is 4.23. The quantitative estimate of drug-likeness (QED) is 0.879. The summed E-state index contributed by atoms with van der Waals surface area (Å²) in [6.07, 6.45) is 2.72. The first-order chi connectivity index (χ1) is 9.44. The molecule has 2 N–H and O–H groups in total. The van der Waals surface area contributed by atoms with E-state index in [0.29, 0.717) is 0 Å². The van der Waals surface area contributed by atoms with Crippen molar-refractivity contribution < 1.29 is 5.11 Å². The van der Waals surface area contributed by atoms with Crippen LogP contribution in [0.3, 0.4) is 0 Å². The van der Waals surface area contributed by atoms with Gasteiger partial charge in [0.1, 0.15) is 5.82 Å². The average molecular weight is 280 g/mol. The summed E-state index contributed by atoms with van der Waals surface area (Å²) in [5.41, 5.74) is 1.86. The van der Waals surface area contributed by atoms with Gasteiger partial charge in [0.2, 0.25) is 0 Å². The summed E-state index contributed by atoms with van der Waals surface area (Å²) in [6, 6.07) is 0. The molecule has 1 saturated heterocycles. The van der Waals surface area contributed by atoms with Gasteiger partial charge >= 0.3 is 0 Å². The molecule has 5 nitrogen and oxygen atoms in total. The van der Waals surface area contributed by atoms with Crippen molar-refractivity contribution in [2.45, 2.75) is 52.2 Å². The highest BCUT2D eigenvalue weighted by Crippen LogP contribution is 2.28. The van der Waals surface area contributed by atoms with Crippen molar-refractivity contribution >= 4 is 5.82 Å². The van der Waals surface area contributed by atoms with E-state index in [0.717, 1.165) is 51.1 Å². The van der Waals surface area contributed by atoms with Crippen molar-refractivity contribution in [1.82, 2.24) is 15.1 Å². The van der Waals surface area contributed by atoms with Gasteiger partial charge in [-0.1, -0.05) is 6.92 Å². The summed E-state index contributed by atoms with van der Waals surface area (Å²) in [4.78, 5) is 2.38. The normalized spacial score (nSPS) is 23.9. The number of aryl methyl sites for hydroxylation is 2. The van der Waals surface area contributed by atoms with Gasteiger partial charge in [-0.05, 0) is 39.7 Å². The first-order valence-corrected chi connectivity index (χ1v) is 7.65. The maximum atomic E-state index is 10.2. The Morgan fingerprint density at radius 3 is 2.80 bits per heavy atom. The Balaban J connectivity index is 2.22. The van der Waals surface area contributed by atoms with Crippen molar-refractivity contribution in [2.24, 2.45) is 7.05 Å². The molecule has 1 atom stereocenters. The van der Waals surface area contributed by atoms with Crippen LogP contribution in [-0.4, -0.2) is 40.1 Å². The molecule has 0 radical (unpaired) electrons. The number of nitrogens with zero attached hydrogens (tertiary/aromatic N) is 3. The highest BCUT2D eigenvalue weighted by atomic mass is 16.3. The van der Waals surface area contributed by atoms with E-state index in [1.807, 2.05) is 18.7 Å². The van der Waals surface area contributed by atoms with Crippen LogP contribution in [0.4, 0.5) is 5.82 Å². The summed E-state index contributed by atoms with van der Waals surface area (Å²) in [6.45, 7) is 9.85. The van der Waals surface area contributed by atoms with Crippen molar-refractivity contribution in [1.29, 1.82) is 0 Å². The number of hydrogen-bond acceptors (Lipinski definition) is 4. The number of hydrogen-bond donors (Lipinski definition) is 2. The fraction of sp³-hybridized carbons (Fsp3) is 0.800. The highest BCUT2D eigenvalue weighted by molar-refractivity contribution is 5.50. The Bertz CT molecular complexity index is 453. The Labute approximate surface area is 122 Å². The van der Waals surface area contributed by atoms with Crippen molar-refractivity contribution in [3.63, 3.8) is 0 Å². The molecule has 0 amide bonds. The molecule has 0 spiro atoms. The van der Waals surface area contributed by atoms with Gasteiger partial charge in [-0.2, -0.15) is 5.10 Å². The smallest absolute Gasteiger partial charge is 0.131 e. The third kappa shape index (κ3) is 3.33. The molecular formula is C15H28N4O. The van der Waals surface area contributed by atoms with Gasteiger partial charge in [-0.15, -0.1) is 0 Å². The summed E-state index contributed by atoms with van der Waals surface area (Å²) >= 11 is 0. The van der Waals surface area contributed by atoms with Crippen LogP contribution in [0, 0.1) is 6.92 Å². The largest absolute Gasteiger partial charge is 0.390 e. The molecule has 1 aliphatic heterocycles. The number of aliphatic hydroxyl groups is 1. The lowest BCUT2D eigenvalue weighted by Crippen LogP contribution is -2.30. The van der Waals surface area contributed by atoms with Crippen LogP contribution in [0.1, 0.15) is 44.4 Å². The molecule has 1 aromatic heterocycles. The second-order valence-electron chi connectivity index (χ2n) is 6.13. The lowest BCUT2D eigenvalue weighted by molar-refractivity contribution is 0.0481. The maximum Gasteiger partial charge on any atom is 0.131 e. The van der Waals surface area contributed by atoms with Crippen LogP contribution < -0.4 is 10.2 Å². The van der Waals surface area contributed by atoms with E-state index in [2.05, 4.69) is 29.2 Å². The molecular weight excluding hydrogens is 252 g/mol. The fourth-order valence-corrected chi connectivity index (χ4v) is 3.02. The van der Waals surface area contributed by atoms with E-state index in [-0.39, 0.29) is 0 Å².